The average molecular weight is 476 g/mol. The first kappa shape index (κ1) is 20.8. The van der Waals surface area contributed by atoms with Crippen LogP contribution in [0.3, 0.4) is 0 Å². The van der Waals surface area contributed by atoms with E-state index < -0.39 is 0 Å². The van der Waals surface area contributed by atoms with Crippen molar-refractivity contribution in [1.82, 2.24) is 24.5 Å². The Hall–Kier alpha value is -4.09. The second-order valence-electron chi connectivity index (χ2n) is 6.97. The molecule has 0 aliphatic carbocycles. The summed E-state index contributed by atoms with van der Waals surface area (Å²) in [7, 11) is 1.77. The number of nitrogens with one attached hydrogen (secondary N) is 2. The summed E-state index contributed by atoms with van der Waals surface area (Å²) in [5.41, 5.74) is 2.26. The maximum atomic E-state index is 12.7. The Morgan fingerprint density at radius 3 is 2.39 bits per heavy atom. The maximum Gasteiger partial charge on any atom is 0.266 e. The van der Waals surface area contributed by atoms with Crippen molar-refractivity contribution < 1.29 is 9.59 Å². The van der Waals surface area contributed by atoms with Crippen molar-refractivity contribution >= 4 is 46.0 Å². The third kappa shape index (κ3) is 4.45. The van der Waals surface area contributed by atoms with Crippen molar-refractivity contribution in [2.24, 2.45) is 7.05 Å². The summed E-state index contributed by atoms with van der Waals surface area (Å²) < 4.78 is 3.25. The minimum Gasteiger partial charge on any atom is -0.321 e. The van der Waals surface area contributed by atoms with Gasteiger partial charge in [0.1, 0.15) is 24.2 Å². The van der Waals surface area contributed by atoms with E-state index in [0.29, 0.717) is 21.3 Å². The van der Waals surface area contributed by atoms with E-state index in [9.17, 15) is 9.59 Å². The van der Waals surface area contributed by atoms with Crippen LogP contribution in [0.2, 0.25) is 0 Å². The smallest absolute Gasteiger partial charge is 0.266 e. The zero-order valence-corrected chi connectivity index (χ0v) is 18.9. The van der Waals surface area contributed by atoms with E-state index >= 15 is 0 Å². The molecule has 0 radical (unpaired) electrons. The number of amides is 2. The van der Waals surface area contributed by atoms with Gasteiger partial charge in [-0.2, -0.15) is 10.2 Å². The van der Waals surface area contributed by atoms with Gasteiger partial charge in [-0.25, -0.2) is 9.67 Å². The van der Waals surface area contributed by atoms with Gasteiger partial charge in [0.05, 0.1) is 20.3 Å². The maximum absolute atomic E-state index is 12.7. The van der Waals surface area contributed by atoms with Crippen molar-refractivity contribution in [3.63, 3.8) is 0 Å². The Labute approximate surface area is 196 Å². The van der Waals surface area contributed by atoms with Crippen molar-refractivity contribution in [1.29, 1.82) is 0 Å². The molecule has 9 nitrogen and oxygen atoms in total. The molecule has 0 saturated carbocycles. The predicted molar refractivity (Wildman–Crippen MR) is 128 cm³/mol. The summed E-state index contributed by atoms with van der Waals surface area (Å²) >= 11 is 2.71. The molecule has 0 saturated heterocycles. The molecule has 1 aromatic carbocycles. The van der Waals surface area contributed by atoms with Crippen LogP contribution < -0.4 is 10.6 Å². The van der Waals surface area contributed by atoms with Gasteiger partial charge in [-0.1, -0.05) is 6.07 Å². The topological polar surface area (TPSA) is 107 Å². The summed E-state index contributed by atoms with van der Waals surface area (Å²) in [5, 5.41) is 16.2. The second kappa shape index (κ2) is 8.81. The van der Waals surface area contributed by atoms with Crippen LogP contribution in [0.1, 0.15) is 19.3 Å². The van der Waals surface area contributed by atoms with Crippen LogP contribution >= 0.6 is 22.7 Å². The van der Waals surface area contributed by atoms with Crippen LogP contribution in [0.5, 0.6) is 0 Å². The molecule has 0 unspecified atom stereocenters. The zero-order chi connectivity index (χ0) is 22.8. The number of nitrogens with zero attached hydrogens (tertiary/aromatic N) is 5. The third-order valence-corrected chi connectivity index (χ3v) is 6.73. The molecule has 33 heavy (non-hydrogen) atoms. The Bertz CT molecular complexity index is 1400. The van der Waals surface area contributed by atoms with Gasteiger partial charge in [0, 0.05) is 18.8 Å². The summed E-state index contributed by atoms with van der Waals surface area (Å²) in [5.74, 6) is 0.000286. The molecule has 5 rings (SSSR count). The molecule has 0 aliphatic rings. The fraction of sp³-hybridized carbons (Fsp3) is 0.0455. The Morgan fingerprint density at radius 2 is 1.73 bits per heavy atom. The minimum atomic E-state index is -0.294. The second-order valence-corrected chi connectivity index (χ2v) is 9.01. The molecule has 11 heteroatoms. The Morgan fingerprint density at radius 1 is 0.970 bits per heavy atom. The summed E-state index contributed by atoms with van der Waals surface area (Å²) in [6.07, 6.45) is 3.05. The largest absolute Gasteiger partial charge is 0.321 e. The molecule has 2 N–H and O–H groups in total. The van der Waals surface area contributed by atoms with Gasteiger partial charge < -0.3 is 10.6 Å². The van der Waals surface area contributed by atoms with E-state index in [1.54, 1.807) is 58.3 Å². The van der Waals surface area contributed by atoms with Crippen molar-refractivity contribution in [2.75, 3.05) is 10.6 Å². The van der Waals surface area contributed by atoms with E-state index in [1.807, 2.05) is 35.7 Å². The molecule has 0 bridgehead atoms. The average Bonchev–Trinajstić information content (AvgIpc) is 3.62. The van der Waals surface area contributed by atoms with Crippen LogP contribution in [0, 0.1) is 0 Å². The SMILES string of the molecule is Cn1nc(-c2cccs2)cc1NC(=O)c1ccc(C(=O)Nc2ccc(-n3cncn3)cc2)s1. The monoisotopic (exact) mass is 475 g/mol. The van der Waals surface area contributed by atoms with E-state index in [0.717, 1.165) is 27.6 Å². The van der Waals surface area contributed by atoms with Crippen LogP contribution in [0.25, 0.3) is 16.3 Å². The molecule has 0 atom stereocenters. The Balaban J connectivity index is 1.24. The molecule has 0 spiro atoms. The molecular weight excluding hydrogens is 458 g/mol. The molecule has 4 aromatic heterocycles. The standard InChI is InChI=1S/C22H17N7O2S2/c1-28-20(11-16(27-28)17-3-2-10-32-17)26-22(31)19-9-8-18(33-19)21(30)25-14-4-6-15(7-5-14)29-13-23-12-24-29/h2-13H,1H3,(H,25,30)(H,26,31). The lowest BCUT2D eigenvalue weighted by Gasteiger charge is -2.05. The number of benzene rings is 1. The quantitative estimate of drug-likeness (QED) is 0.381. The molecule has 0 aliphatic heterocycles. The van der Waals surface area contributed by atoms with E-state index in [-0.39, 0.29) is 11.8 Å². The fourth-order valence-electron chi connectivity index (χ4n) is 3.12. The fourth-order valence-corrected chi connectivity index (χ4v) is 4.60. The number of thiophene rings is 2. The van der Waals surface area contributed by atoms with Crippen LogP contribution in [0.15, 0.2) is 72.6 Å². The number of aryl methyl sites for hydroxylation is 1. The van der Waals surface area contributed by atoms with Crippen LogP contribution in [-0.2, 0) is 7.05 Å². The minimum absolute atomic E-state index is 0.284. The van der Waals surface area contributed by atoms with Crippen molar-refractivity contribution in [2.45, 2.75) is 0 Å². The molecule has 4 heterocycles. The molecule has 164 valence electrons. The summed E-state index contributed by atoms with van der Waals surface area (Å²) in [6.45, 7) is 0. The molecule has 5 aromatic rings. The first-order chi connectivity index (χ1) is 16.1. The van der Waals surface area contributed by atoms with Gasteiger partial charge in [0.15, 0.2) is 0 Å². The van der Waals surface area contributed by atoms with Gasteiger partial charge in [0.2, 0.25) is 0 Å². The van der Waals surface area contributed by atoms with Gasteiger partial charge in [-0.3, -0.25) is 14.3 Å². The van der Waals surface area contributed by atoms with E-state index in [4.69, 9.17) is 0 Å². The van der Waals surface area contributed by atoms with Crippen LogP contribution in [0.4, 0.5) is 11.5 Å². The number of carbonyl (C=O) groups excluding carboxylic acids is 2. The number of hydrogen-bond acceptors (Lipinski definition) is 7. The number of hydrogen-bond donors (Lipinski definition) is 2. The van der Waals surface area contributed by atoms with Gasteiger partial charge in [-0.05, 0) is 47.8 Å². The van der Waals surface area contributed by atoms with Gasteiger partial charge in [-0.15, -0.1) is 22.7 Å². The molecule has 0 fully saturated rings. The Kier molecular flexibility index (Phi) is 5.55. The zero-order valence-electron chi connectivity index (χ0n) is 17.3. The number of anilines is 2. The molecule has 2 amide bonds. The highest BCUT2D eigenvalue weighted by atomic mass is 32.1. The highest BCUT2D eigenvalue weighted by Crippen LogP contribution is 2.26. The van der Waals surface area contributed by atoms with E-state index in [1.165, 1.54) is 6.33 Å². The first-order valence-corrected chi connectivity index (χ1v) is 11.5. The van der Waals surface area contributed by atoms with Crippen LogP contribution in [-0.4, -0.2) is 36.4 Å². The van der Waals surface area contributed by atoms with E-state index in [2.05, 4.69) is 25.8 Å². The number of aromatic nitrogens is 5. The lowest BCUT2D eigenvalue weighted by atomic mass is 10.2. The summed E-state index contributed by atoms with van der Waals surface area (Å²) in [6, 6.07) is 16.3. The highest BCUT2D eigenvalue weighted by Gasteiger charge is 2.16. The summed E-state index contributed by atoms with van der Waals surface area (Å²) in [4.78, 5) is 31.2. The van der Waals surface area contributed by atoms with Gasteiger partial charge >= 0.3 is 0 Å². The number of carbonyl (C=O) groups is 2. The molecular formula is C22H17N7O2S2. The predicted octanol–water partition coefficient (Wildman–Crippen LogP) is 4.30. The first-order valence-electron chi connectivity index (χ1n) is 9.82. The normalized spacial score (nSPS) is 10.8. The van der Waals surface area contributed by atoms with Crippen molar-refractivity contribution in [3.05, 3.63) is 82.4 Å². The van der Waals surface area contributed by atoms with Crippen molar-refractivity contribution in [3.8, 4) is 16.3 Å². The lowest BCUT2D eigenvalue weighted by Crippen LogP contribution is -2.13. The third-order valence-electron chi connectivity index (χ3n) is 4.76. The lowest BCUT2D eigenvalue weighted by molar-refractivity contribution is 0.102. The number of rotatable bonds is 6. The highest BCUT2D eigenvalue weighted by molar-refractivity contribution is 7.16. The van der Waals surface area contributed by atoms with Gasteiger partial charge in [0.25, 0.3) is 11.8 Å².